The highest BCUT2D eigenvalue weighted by atomic mass is 32.1. The van der Waals surface area contributed by atoms with Gasteiger partial charge in [-0.3, -0.25) is 0 Å². The molecule has 0 N–H and O–H groups in total. The SMILES string of the molecule is C1=CC(c2cccc(-c3nc4ccc(-c5cccc(-n6c7ccccc7c7cc8c9ccccc9n(-c9ccccc9)c8cc76)c5)cc4s3)c2)=CCC1. The van der Waals surface area contributed by atoms with E-state index in [0.29, 0.717) is 0 Å². The Morgan fingerprint density at radius 3 is 1.89 bits per heavy atom. The zero-order valence-electron chi connectivity index (χ0n) is 28.9. The first kappa shape index (κ1) is 30.2. The van der Waals surface area contributed by atoms with Crippen molar-refractivity contribution in [2.45, 2.75) is 12.8 Å². The first-order valence-electron chi connectivity index (χ1n) is 18.3. The van der Waals surface area contributed by atoms with Gasteiger partial charge < -0.3 is 9.13 Å². The third-order valence-corrected chi connectivity index (χ3v) is 11.8. The number of thiazole rings is 1. The van der Waals surface area contributed by atoms with Gasteiger partial charge in [0.25, 0.3) is 0 Å². The topological polar surface area (TPSA) is 22.8 Å². The van der Waals surface area contributed by atoms with Crippen LogP contribution in [0.5, 0.6) is 0 Å². The molecule has 1 aliphatic carbocycles. The highest BCUT2D eigenvalue weighted by Crippen LogP contribution is 2.41. The number of para-hydroxylation sites is 3. The van der Waals surface area contributed by atoms with Crippen LogP contribution in [0.1, 0.15) is 18.4 Å². The van der Waals surface area contributed by atoms with Gasteiger partial charge in [-0.15, -0.1) is 11.3 Å². The third kappa shape index (κ3) is 4.91. The summed E-state index contributed by atoms with van der Waals surface area (Å²) in [6.07, 6.45) is 9.06. The standard InChI is InChI=1S/C49H33N3S/c1-3-13-32(14-4-1)33-15-11-17-36(27-33)49-50-43-26-25-35(29-48(43)53-49)34-16-12-20-38(28-34)52-45-24-10-8-22-40(45)42-30-41-39-21-7-9-23-44(39)51(46(41)31-47(42)52)37-18-5-2-6-19-37/h2-3,5-31H,1,4H2. The molecule has 0 amide bonds. The summed E-state index contributed by atoms with van der Waals surface area (Å²) < 4.78 is 6.04. The first-order chi connectivity index (χ1) is 26.3. The molecule has 0 unspecified atom stereocenters. The number of hydrogen-bond acceptors (Lipinski definition) is 2. The minimum atomic E-state index is 1.03. The van der Waals surface area contributed by atoms with Crippen molar-refractivity contribution in [2.75, 3.05) is 0 Å². The van der Waals surface area contributed by atoms with Gasteiger partial charge in [-0.25, -0.2) is 4.98 Å². The Morgan fingerprint density at radius 2 is 1.11 bits per heavy atom. The zero-order valence-corrected chi connectivity index (χ0v) is 29.7. The molecule has 0 spiro atoms. The molecular formula is C49H33N3S. The maximum atomic E-state index is 5.07. The molecule has 3 aromatic heterocycles. The molecule has 7 aromatic carbocycles. The van der Waals surface area contributed by atoms with E-state index in [-0.39, 0.29) is 0 Å². The molecule has 0 fully saturated rings. The van der Waals surface area contributed by atoms with Crippen molar-refractivity contribution in [1.29, 1.82) is 0 Å². The van der Waals surface area contributed by atoms with Crippen molar-refractivity contribution >= 4 is 70.7 Å². The molecule has 0 radical (unpaired) electrons. The second-order valence-electron chi connectivity index (χ2n) is 13.9. The monoisotopic (exact) mass is 695 g/mol. The highest BCUT2D eigenvalue weighted by molar-refractivity contribution is 7.21. The van der Waals surface area contributed by atoms with E-state index in [4.69, 9.17) is 4.98 Å². The number of allylic oxidation sites excluding steroid dienone is 4. The molecular weight excluding hydrogens is 663 g/mol. The second-order valence-corrected chi connectivity index (χ2v) is 14.9. The summed E-state index contributed by atoms with van der Waals surface area (Å²) in [5, 5.41) is 6.09. The molecule has 250 valence electrons. The minimum Gasteiger partial charge on any atom is -0.309 e. The molecule has 10 aromatic rings. The number of fused-ring (bicyclic) bond motifs is 7. The molecule has 3 nitrogen and oxygen atoms in total. The highest BCUT2D eigenvalue weighted by Gasteiger charge is 2.19. The van der Waals surface area contributed by atoms with Crippen LogP contribution in [0.4, 0.5) is 0 Å². The van der Waals surface area contributed by atoms with Crippen molar-refractivity contribution in [3.63, 3.8) is 0 Å². The lowest BCUT2D eigenvalue weighted by atomic mass is 9.98. The lowest BCUT2D eigenvalue weighted by Crippen LogP contribution is -1.96. The molecule has 0 atom stereocenters. The van der Waals surface area contributed by atoms with Gasteiger partial charge in [-0.05, 0) is 102 Å². The van der Waals surface area contributed by atoms with Crippen LogP contribution < -0.4 is 0 Å². The van der Waals surface area contributed by atoms with Crippen molar-refractivity contribution < 1.29 is 0 Å². The largest absolute Gasteiger partial charge is 0.309 e. The van der Waals surface area contributed by atoms with E-state index in [0.717, 1.165) is 34.7 Å². The minimum absolute atomic E-state index is 1.03. The fourth-order valence-corrected chi connectivity index (χ4v) is 9.28. The molecule has 1 aliphatic rings. The van der Waals surface area contributed by atoms with Gasteiger partial charge >= 0.3 is 0 Å². The number of rotatable bonds is 5. The Bertz CT molecular complexity index is 3120. The summed E-state index contributed by atoms with van der Waals surface area (Å²) in [6.45, 7) is 0. The zero-order chi connectivity index (χ0) is 34.9. The van der Waals surface area contributed by atoms with Crippen molar-refractivity contribution in [3.05, 3.63) is 182 Å². The fourth-order valence-electron chi connectivity index (χ4n) is 8.28. The Labute approximate surface area is 311 Å². The molecule has 0 aliphatic heterocycles. The van der Waals surface area contributed by atoms with Crippen LogP contribution in [-0.2, 0) is 0 Å². The lowest BCUT2D eigenvalue weighted by molar-refractivity contribution is 1.04. The summed E-state index contributed by atoms with van der Waals surface area (Å²) >= 11 is 1.77. The van der Waals surface area contributed by atoms with E-state index < -0.39 is 0 Å². The van der Waals surface area contributed by atoms with Crippen molar-refractivity contribution in [3.8, 4) is 33.1 Å². The predicted octanol–water partition coefficient (Wildman–Crippen LogP) is 13.6. The van der Waals surface area contributed by atoms with E-state index in [1.54, 1.807) is 11.3 Å². The van der Waals surface area contributed by atoms with Gasteiger partial charge in [0.15, 0.2) is 0 Å². The third-order valence-electron chi connectivity index (χ3n) is 10.7. The van der Waals surface area contributed by atoms with Gasteiger partial charge in [0.1, 0.15) is 5.01 Å². The predicted molar refractivity (Wildman–Crippen MR) is 226 cm³/mol. The summed E-state index contributed by atoms with van der Waals surface area (Å²) in [4.78, 5) is 5.07. The summed E-state index contributed by atoms with van der Waals surface area (Å²) in [6, 6.07) is 57.6. The van der Waals surface area contributed by atoms with Crippen LogP contribution >= 0.6 is 11.3 Å². The van der Waals surface area contributed by atoms with E-state index in [1.165, 1.54) is 76.1 Å². The van der Waals surface area contributed by atoms with Crippen LogP contribution in [0, 0.1) is 0 Å². The van der Waals surface area contributed by atoms with Crippen molar-refractivity contribution in [1.82, 2.24) is 14.1 Å². The summed E-state index contributed by atoms with van der Waals surface area (Å²) in [5.74, 6) is 0. The van der Waals surface area contributed by atoms with E-state index in [9.17, 15) is 0 Å². The molecule has 4 heteroatoms. The molecule has 3 heterocycles. The fraction of sp³-hybridized carbons (Fsp3) is 0.0408. The Hall–Kier alpha value is -6.49. The molecule has 11 rings (SSSR count). The first-order valence-corrected chi connectivity index (χ1v) is 19.1. The molecule has 53 heavy (non-hydrogen) atoms. The van der Waals surface area contributed by atoms with E-state index in [2.05, 4.69) is 185 Å². The van der Waals surface area contributed by atoms with Crippen LogP contribution in [0.2, 0.25) is 0 Å². The molecule has 0 saturated heterocycles. The van der Waals surface area contributed by atoms with Crippen molar-refractivity contribution in [2.24, 2.45) is 0 Å². The number of hydrogen-bond donors (Lipinski definition) is 0. The number of nitrogens with zero attached hydrogens (tertiary/aromatic N) is 3. The molecule has 0 bridgehead atoms. The number of aromatic nitrogens is 3. The van der Waals surface area contributed by atoms with E-state index in [1.807, 2.05) is 0 Å². The second kappa shape index (κ2) is 12.0. The van der Waals surface area contributed by atoms with E-state index >= 15 is 0 Å². The van der Waals surface area contributed by atoms with Crippen LogP contribution in [-0.4, -0.2) is 14.1 Å². The lowest BCUT2D eigenvalue weighted by Gasteiger charge is -2.11. The quantitative estimate of drug-likeness (QED) is 0.176. The van der Waals surface area contributed by atoms with Gasteiger partial charge in [-0.2, -0.15) is 0 Å². The maximum Gasteiger partial charge on any atom is 0.124 e. The Balaban J connectivity index is 1.05. The Morgan fingerprint density at radius 1 is 0.453 bits per heavy atom. The molecule has 0 saturated carbocycles. The normalized spacial score (nSPS) is 13.2. The van der Waals surface area contributed by atoms with Crippen LogP contribution in [0.15, 0.2) is 176 Å². The maximum absolute atomic E-state index is 5.07. The van der Waals surface area contributed by atoms with Gasteiger partial charge in [0.05, 0.1) is 32.3 Å². The number of benzene rings is 7. The van der Waals surface area contributed by atoms with Gasteiger partial charge in [-0.1, -0.05) is 109 Å². The Kier molecular flexibility index (Phi) is 6.86. The van der Waals surface area contributed by atoms with Crippen LogP contribution in [0.3, 0.4) is 0 Å². The smallest absolute Gasteiger partial charge is 0.124 e. The average Bonchev–Trinajstić information content (AvgIpc) is 3.90. The summed E-state index contributed by atoms with van der Waals surface area (Å²) in [7, 11) is 0. The van der Waals surface area contributed by atoms with Gasteiger partial charge in [0.2, 0.25) is 0 Å². The average molecular weight is 696 g/mol. The van der Waals surface area contributed by atoms with Crippen LogP contribution in [0.25, 0.3) is 92.5 Å². The summed E-state index contributed by atoms with van der Waals surface area (Å²) in [5.41, 5.74) is 14.2. The van der Waals surface area contributed by atoms with Gasteiger partial charge in [0, 0.05) is 38.5 Å².